The number of aromatic nitrogens is 1. The van der Waals surface area contributed by atoms with Crippen LogP contribution in [0.3, 0.4) is 0 Å². The molecular weight excluding hydrogens is 208 g/mol. The van der Waals surface area contributed by atoms with E-state index >= 15 is 0 Å². The van der Waals surface area contributed by atoms with Crippen molar-refractivity contribution in [2.75, 3.05) is 18.5 Å². The third-order valence-electron chi connectivity index (χ3n) is 2.29. The standard InChI is InChI=1S/C11H16N2O3/c1-8(14)4-6-13(2)9-3-5-12-10(7-9)11(15)16/h3,5,7-8,14H,4,6H2,1-2H3,(H,15,16). The molecule has 16 heavy (non-hydrogen) atoms. The smallest absolute Gasteiger partial charge is 0.354 e. The van der Waals surface area contributed by atoms with Gasteiger partial charge in [0, 0.05) is 25.5 Å². The number of nitrogens with zero attached hydrogens (tertiary/aromatic N) is 2. The Hall–Kier alpha value is -1.62. The van der Waals surface area contributed by atoms with Gasteiger partial charge in [0.1, 0.15) is 5.69 Å². The van der Waals surface area contributed by atoms with Crippen LogP contribution >= 0.6 is 0 Å². The summed E-state index contributed by atoms with van der Waals surface area (Å²) in [5.41, 5.74) is 0.814. The molecule has 0 aliphatic rings. The average Bonchev–Trinajstić information content (AvgIpc) is 2.26. The molecule has 0 aliphatic heterocycles. The zero-order valence-electron chi connectivity index (χ0n) is 9.42. The molecule has 1 aromatic rings. The van der Waals surface area contributed by atoms with Gasteiger partial charge in [0.05, 0.1) is 6.10 Å². The molecule has 0 amide bonds. The van der Waals surface area contributed by atoms with Gasteiger partial charge >= 0.3 is 5.97 Å². The van der Waals surface area contributed by atoms with Crippen molar-refractivity contribution in [1.29, 1.82) is 0 Å². The molecule has 0 aliphatic carbocycles. The van der Waals surface area contributed by atoms with E-state index < -0.39 is 5.97 Å². The number of pyridine rings is 1. The Kier molecular flexibility index (Phi) is 4.25. The molecule has 0 radical (unpaired) electrons. The van der Waals surface area contributed by atoms with Crippen LogP contribution in [0.2, 0.25) is 0 Å². The molecule has 0 saturated carbocycles. The van der Waals surface area contributed by atoms with Crippen LogP contribution < -0.4 is 4.90 Å². The zero-order chi connectivity index (χ0) is 12.1. The maximum absolute atomic E-state index is 10.7. The van der Waals surface area contributed by atoms with E-state index in [0.717, 1.165) is 5.69 Å². The molecule has 0 aromatic carbocycles. The summed E-state index contributed by atoms with van der Waals surface area (Å²) in [4.78, 5) is 16.4. The highest BCUT2D eigenvalue weighted by Crippen LogP contribution is 2.13. The highest BCUT2D eigenvalue weighted by molar-refractivity contribution is 5.86. The molecule has 2 N–H and O–H groups in total. The van der Waals surface area contributed by atoms with Crippen LogP contribution in [-0.2, 0) is 0 Å². The van der Waals surface area contributed by atoms with Gasteiger partial charge in [-0.3, -0.25) is 0 Å². The lowest BCUT2D eigenvalue weighted by Crippen LogP contribution is -2.22. The molecule has 5 heteroatoms. The largest absolute Gasteiger partial charge is 0.477 e. The molecule has 1 unspecified atom stereocenters. The highest BCUT2D eigenvalue weighted by atomic mass is 16.4. The van der Waals surface area contributed by atoms with Gasteiger partial charge in [-0.15, -0.1) is 0 Å². The Morgan fingerprint density at radius 2 is 2.31 bits per heavy atom. The van der Waals surface area contributed by atoms with Gasteiger partial charge < -0.3 is 15.1 Å². The minimum absolute atomic E-state index is 0.0291. The number of carboxylic acid groups (broad SMARTS) is 1. The van der Waals surface area contributed by atoms with Gasteiger partial charge in [-0.1, -0.05) is 0 Å². The van der Waals surface area contributed by atoms with Crippen molar-refractivity contribution in [2.45, 2.75) is 19.4 Å². The lowest BCUT2D eigenvalue weighted by molar-refractivity contribution is 0.0690. The maximum atomic E-state index is 10.7. The number of aliphatic hydroxyl groups is 1. The summed E-state index contributed by atoms with van der Waals surface area (Å²) in [7, 11) is 1.85. The molecule has 1 aromatic heterocycles. The van der Waals surface area contributed by atoms with Crippen molar-refractivity contribution in [3.8, 4) is 0 Å². The molecular formula is C11H16N2O3. The van der Waals surface area contributed by atoms with E-state index in [1.807, 2.05) is 11.9 Å². The number of carboxylic acids is 1. The molecule has 5 nitrogen and oxygen atoms in total. The Labute approximate surface area is 94.4 Å². The number of carbonyl (C=O) groups is 1. The van der Waals surface area contributed by atoms with E-state index in [4.69, 9.17) is 10.2 Å². The number of aromatic carboxylic acids is 1. The third kappa shape index (κ3) is 3.51. The second kappa shape index (κ2) is 5.46. The highest BCUT2D eigenvalue weighted by Gasteiger charge is 2.08. The Morgan fingerprint density at radius 3 is 2.88 bits per heavy atom. The van der Waals surface area contributed by atoms with E-state index in [9.17, 15) is 4.79 Å². The van der Waals surface area contributed by atoms with Crippen LogP contribution in [-0.4, -0.2) is 40.9 Å². The first kappa shape index (κ1) is 12.4. The van der Waals surface area contributed by atoms with Gasteiger partial charge in [0.2, 0.25) is 0 Å². The van der Waals surface area contributed by atoms with Crippen LogP contribution in [0.4, 0.5) is 5.69 Å². The molecule has 1 rings (SSSR count). The zero-order valence-corrected chi connectivity index (χ0v) is 9.42. The quantitative estimate of drug-likeness (QED) is 0.780. The van der Waals surface area contributed by atoms with Crippen molar-refractivity contribution in [3.05, 3.63) is 24.0 Å². The summed E-state index contributed by atoms with van der Waals surface area (Å²) in [5, 5.41) is 17.9. The van der Waals surface area contributed by atoms with E-state index in [2.05, 4.69) is 4.98 Å². The molecule has 1 heterocycles. The van der Waals surface area contributed by atoms with E-state index in [0.29, 0.717) is 13.0 Å². The molecule has 1 atom stereocenters. The van der Waals surface area contributed by atoms with Gasteiger partial charge in [0.25, 0.3) is 0 Å². The minimum Gasteiger partial charge on any atom is -0.477 e. The number of aliphatic hydroxyl groups excluding tert-OH is 1. The molecule has 0 spiro atoms. The first-order valence-electron chi connectivity index (χ1n) is 5.09. The van der Waals surface area contributed by atoms with Crippen LogP contribution in [0, 0.1) is 0 Å². The summed E-state index contributed by atoms with van der Waals surface area (Å²) >= 11 is 0. The Bertz CT molecular complexity index is 366. The van der Waals surface area contributed by atoms with E-state index in [1.54, 1.807) is 13.0 Å². The fraction of sp³-hybridized carbons (Fsp3) is 0.455. The topological polar surface area (TPSA) is 73.7 Å². The van der Waals surface area contributed by atoms with Gasteiger partial charge in [-0.2, -0.15) is 0 Å². The summed E-state index contributed by atoms with van der Waals surface area (Å²) in [5.74, 6) is -1.04. The first-order chi connectivity index (χ1) is 7.50. The lowest BCUT2D eigenvalue weighted by Gasteiger charge is -2.20. The summed E-state index contributed by atoms with van der Waals surface area (Å²) in [6.07, 6.45) is 1.75. The Morgan fingerprint density at radius 1 is 1.62 bits per heavy atom. The van der Waals surface area contributed by atoms with Crippen molar-refractivity contribution < 1.29 is 15.0 Å². The monoisotopic (exact) mass is 224 g/mol. The van der Waals surface area contributed by atoms with Crippen LogP contribution in [0.15, 0.2) is 18.3 Å². The fourth-order valence-electron chi connectivity index (χ4n) is 1.28. The van der Waals surface area contributed by atoms with Gasteiger partial charge in [-0.25, -0.2) is 9.78 Å². The molecule has 0 fully saturated rings. The normalized spacial score (nSPS) is 12.2. The fourth-order valence-corrected chi connectivity index (χ4v) is 1.28. The van der Waals surface area contributed by atoms with Gasteiger partial charge in [0.15, 0.2) is 0 Å². The van der Waals surface area contributed by atoms with Crippen molar-refractivity contribution >= 4 is 11.7 Å². The van der Waals surface area contributed by atoms with Crippen LogP contribution in [0.5, 0.6) is 0 Å². The van der Waals surface area contributed by atoms with E-state index in [-0.39, 0.29) is 11.8 Å². The Balaban J connectivity index is 2.71. The van der Waals surface area contributed by atoms with Crippen LogP contribution in [0.1, 0.15) is 23.8 Å². The summed E-state index contributed by atoms with van der Waals surface area (Å²) in [6, 6.07) is 3.26. The number of hydrogen-bond donors (Lipinski definition) is 2. The molecule has 88 valence electrons. The second-order valence-electron chi connectivity index (χ2n) is 3.76. The predicted molar refractivity (Wildman–Crippen MR) is 60.8 cm³/mol. The second-order valence-corrected chi connectivity index (χ2v) is 3.76. The molecule has 0 saturated heterocycles. The summed E-state index contributed by atoms with van der Waals surface area (Å²) in [6.45, 7) is 2.39. The number of anilines is 1. The van der Waals surface area contributed by atoms with Crippen molar-refractivity contribution in [2.24, 2.45) is 0 Å². The predicted octanol–water partition coefficient (Wildman–Crippen LogP) is 0.987. The first-order valence-corrected chi connectivity index (χ1v) is 5.09. The number of rotatable bonds is 5. The van der Waals surface area contributed by atoms with Crippen molar-refractivity contribution in [1.82, 2.24) is 4.98 Å². The number of hydrogen-bond acceptors (Lipinski definition) is 4. The maximum Gasteiger partial charge on any atom is 0.354 e. The SMILES string of the molecule is CC(O)CCN(C)c1ccnc(C(=O)O)c1. The third-order valence-corrected chi connectivity index (χ3v) is 2.29. The lowest BCUT2D eigenvalue weighted by atomic mass is 10.2. The van der Waals surface area contributed by atoms with E-state index in [1.165, 1.54) is 12.3 Å². The molecule has 0 bridgehead atoms. The average molecular weight is 224 g/mol. The minimum atomic E-state index is -1.04. The van der Waals surface area contributed by atoms with Crippen LogP contribution in [0.25, 0.3) is 0 Å². The van der Waals surface area contributed by atoms with Crippen molar-refractivity contribution in [3.63, 3.8) is 0 Å². The summed E-state index contributed by atoms with van der Waals surface area (Å²) < 4.78 is 0. The van der Waals surface area contributed by atoms with Gasteiger partial charge in [-0.05, 0) is 25.5 Å².